The molecule has 1 aromatic rings. The number of amides is 2. The number of rotatable bonds is 3. The van der Waals surface area contributed by atoms with E-state index in [1.165, 1.54) is 0 Å². The average molecular weight is 262 g/mol. The van der Waals surface area contributed by atoms with E-state index in [4.69, 9.17) is 0 Å². The number of phenols is 1. The zero-order valence-corrected chi connectivity index (χ0v) is 11.0. The molecule has 19 heavy (non-hydrogen) atoms. The van der Waals surface area contributed by atoms with Crippen LogP contribution in [0.5, 0.6) is 5.75 Å². The van der Waals surface area contributed by atoms with Crippen LogP contribution in [0.2, 0.25) is 0 Å². The fourth-order valence-electron chi connectivity index (χ4n) is 2.13. The number of nitrogens with one attached hydrogen (secondary N) is 2. The first-order valence-electron chi connectivity index (χ1n) is 6.36. The Bertz CT molecular complexity index is 482. The van der Waals surface area contributed by atoms with E-state index < -0.39 is 12.1 Å². The molecule has 1 aliphatic rings. The maximum Gasteiger partial charge on any atom is 0.243 e. The van der Waals surface area contributed by atoms with E-state index in [0.717, 1.165) is 5.56 Å². The number of carbonyl (C=O) groups excluding carboxylic acids is 2. The van der Waals surface area contributed by atoms with Crippen molar-refractivity contribution in [3.05, 3.63) is 29.8 Å². The number of hydrogen-bond acceptors (Lipinski definition) is 3. The van der Waals surface area contributed by atoms with E-state index in [1.807, 2.05) is 13.8 Å². The Morgan fingerprint density at radius 2 is 1.74 bits per heavy atom. The summed E-state index contributed by atoms with van der Waals surface area (Å²) in [6, 6.07) is 5.60. The molecule has 0 spiro atoms. The number of hydrogen-bond donors (Lipinski definition) is 3. The van der Waals surface area contributed by atoms with Gasteiger partial charge in [-0.05, 0) is 23.6 Å². The Morgan fingerprint density at radius 3 is 2.32 bits per heavy atom. The molecule has 2 atom stereocenters. The van der Waals surface area contributed by atoms with Crippen LogP contribution >= 0.6 is 0 Å². The van der Waals surface area contributed by atoms with Gasteiger partial charge in [-0.2, -0.15) is 0 Å². The third kappa shape index (κ3) is 3.05. The molecule has 1 aromatic carbocycles. The summed E-state index contributed by atoms with van der Waals surface area (Å²) >= 11 is 0. The molecule has 1 saturated heterocycles. The molecule has 1 fully saturated rings. The zero-order chi connectivity index (χ0) is 14.0. The van der Waals surface area contributed by atoms with Gasteiger partial charge in [0.05, 0.1) is 0 Å². The second kappa shape index (κ2) is 5.30. The van der Waals surface area contributed by atoms with Crippen LogP contribution in [0, 0.1) is 5.92 Å². The van der Waals surface area contributed by atoms with Crippen LogP contribution in [0.4, 0.5) is 0 Å². The topological polar surface area (TPSA) is 78.4 Å². The van der Waals surface area contributed by atoms with Gasteiger partial charge in [-0.3, -0.25) is 9.59 Å². The molecule has 0 aromatic heterocycles. The summed E-state index contributed by atoms with van der Waals surface area (Å²) in [5, 5.41) is 14.7. The van der Waals surface area contributed by atoms with Crippen molar-refractivity contribution in [3.8, 4) is 5.75 Å². The van der Waals surface area contributed by atoms with Crippen molar-refractivity contribution in [2.24, 2.45) is 5.92 Å². The lowest BCUT2D eigenvalue weighted by atomic mass is 9.97. The van der Waals surface area contributed by atoms with E-state index in [0.29, 0.717) is 6.42 Å². The second-order valence-electron chi connectivity index (χ2n) is 5.16. The summed E-state index contributed by atoms with van der Waals surface area (Å²) in [4.78, 5) is 23.8. The normalized spacial score (nSPS) is 23.1. The Balaban J connectivity index is 2.04. The summed E-state index contributed by atoms with van der Waals surface area (Å²) in [6.07, 6.45) is 0.419. The van der Waals surface area contributed by atoms with Gasteiger partial charge < -0.3 is 15.7 Å². The van der Waals surface area contributed by atoms with Crippen molar-refractivity contribution in [1.29, 1.82) is 0 Å². The lowest BCUT2D eigenvalue weighted by Gasteiger charge is -2.31. The van der Waals surface area contributed by atoms with Gasteiger partial charge >= 0.3 is 0 Å². The molecule has 5 heteroatoms. The van der Waals surface area contributed by atoms with E-state index >= 15 is 0 Å². The van der Waals surface area contributed by atoms with Crippen molar-refractivity contribution < 1.29 is 14.7 Å². The smallest absolute Gasteiger partial charge is 0.243 e. The predicted octanol–water partition coefficient (Wildman–Crippen LogP) is 0.574. The highest BCUT2D eigenvalue weighted by molar-refractivity contribution is 5.97. The first-order valence-corrected chi connectivity index (χ1v) is 6.36. The van der Waals surface area contributed by atoms with Crippen LogP contribution < -0.4 is 10.6 Å². The van der Waals surface area contributed by atoms with E-state index in [1.54, 1.807) is 24.3 Å². The van der Waals surface area contributed by atoms with Crippen molar-refractivity contribution in [1.82, 2.24) is 10.6 Å². The lowest BCUT2D eigenvalue weighted by Crippen LogP contribution is -2.63. The minimum absolute atomic E-state index is 0.0681. The van der Waals surface area contributed by atoms with Gasteiger partial charge in [0.25, 0.3) is 0 Å². The molecular weight excluding hydrogens is 244 g/mol. The molecule has 0 bridgehead atoms. The number of benzene rings is 1. The summed E-state index contributed by atoms with van der Waals surface area (Å²) in [5.74, 6) is -0.0518. The highest BCUT2D eigenvalue weighted by Gasteiger charge is 2.34. The van der Waals surface area contributed by atoms with Crippen molar-refractivity contribution in [2.75, 3.05) is 0 Å². The van der Waals surface area contributed by atoms with Crippen LogP contribution in [-0.2, 0) is 16.0 Å². The number of carbonyl (C=O) groups is 2. The molecule has 102 valence electrons. The van der Waals surface area contributed by atoms with Gasteiger partial charge in [0.15, 0.2) is 0 Å². The Morgan fingerprint density at radius 1 is 1.11 bits per heavy atom. The fourth-order valence-corrected chi connectivity index (χ4v) is 2.13. The summed E-state index contributed by atoms with van der Waals surface area (Å²) in [7, 11) is 0. The Kier molecular flexibility index (Phi) is 3.74. The van der Waals surface area contributed by atoms with Crippen LogP contribution in [0.25, 0.3) is 0 Å². The quantitative estimate of drug-likeness (QED) is 0.745. The molecule has 0 radical (unpaired) electrons. The van der Waals surface area contributed by atoms with Crippen molar-refractivity contribution in [2.45, 2.75) is 32.4 Å². The third-order valence-corrected chi connectivity index (χ3v) is 3.26. The van der Waals surface area contributed by atoms with Crippen LogP contribution in [0.15, 0.2) is 24.3 Å². The van der Waals surface area contributed by atoms with Crippen molar-refractivity contribution >= 4 is 11.8 Å². The highest BCUT2D eigenvalue weighted by Crippen LogP contribution is 2.14. The van der Waals surface area contributed by atoms with Crippen LogP contribution in [-0.4, -0.2) is 29.0 Å². The van der Waals surface area contributed by atoms with Crippen LogP contribution in [0.3, 0.4) is 0 Å². The maximum absolute atomic E-state index is 12.0. The lowest BCUT2D eigenvalue weighted by molar-refractivity contribution is -0.137. The molecule has 1 heterocycles. The zero-order valence-electron chi connectivity index (χ0n) is 11.0. The summed E-state index contributed by atoms with van der Waals surface area (Å²) in [6.45, 7) is 3.79. The molecule has 1 aliphatic heterocycles. The molecular formula is C14H18N2O3. The van der Waals surface area contributed by atoms with E-state index in [2.05, 4.69) is 10.6 Å². The predicted molar refractivity (Wildman–Crippen MR) is 70.5 cm³/mol. The van der Waals surface area contributed by atoms with Gasteiger partial charge in [-0.1, -0.05) is 26.0 Å². The van der Waals surface area contributed by atoms with Gasteiger partial charge in [0.2, 0.25) is 11.8 Å². The molecule has 0 saturated carbocycles. The minimum Gasteiger partial charge on any atom is -0.508 e. The molecule has 0 unspecified atom stereocenters. The van der Waals surface area contributed by atoms with Gasteiger partial charge in [-0.25, -0.2) is 0 Å². The standard InChI is InChI=1S/C14H18N2O3/c1-8(2)12-14(19)15-11(13(18)16-12)7-9-3-5-10(17)6-4-9/h3-6,8,11-12,17H,7H2,1-2H3,(H,15,19)(H,16,18)/t11-,12-/m0/s1. The molecule has 2 amide bonds. The third-order valence-electron chi connectivity index (χ3n) is 3.26. The van der Waals surface area contributed by atoms with Crippen LogP contribution in [0.1, 0.15) is 19.4 Å². The van der Waals surface area contributed by atoms with Gasteiger partial charge in [-0.15, -0.1) is 0 Å². The molecule has 2 rings (SSSR count). The summed E-state index contributed by atoms with van der Waals surface area (Å²) < 4.78 is 0. The minimum atomic E-state index is -0.549. The summed E-state index contributed by atoms with van der Waals surface area (Å²) in [5.41, 5.74) is 0.890. The fraction of sp³-hybridized carbons (Fsp3) is 0.429. The first-order chi connectivity index (χ1) is 8.97. The average Bonchev–Trinajstić information content (AvgIpc) is 2.35. The number of aromatic hydroxyl groups is 1. The number of phenolic OH excluding ortho intramolecular Hbond substituents is 1. The van der Waals surface area contributed by atoms with Gasteiger partial charge in [0, 0.05) is 6.42 Å². The monoisotopic (exact) mass is 262 g/mol. The largest absolute Gasteiger partial charge is 0.508 e. The second-order valence-corrected chi connectivity index (χ2v) is 5.16. The van der Waals surface area contributed by atoms with Crippen molar-refractivity contribution in [3.63, 3.8) is 0 Å². The Hall–Kier alpha value is -2.04. The molecule has 5 nitrogen and oxygen atoms in total. The Labute approximate surface area is 112 Å². The maximum atomic E-state index is 12.0. The molecule has 3 N–H and O–H groups in total. The van der Waals surface area contributed by atoms with E-state index in [9.17, 15) is 14.7 Å². The molecule has 0 aliphatic carbocycles. The number of piperazine rings is 1. The SMILES string of the molecule is CC(C)[C@@H]1NC(=O)[C@H](Cc2ccc(O)cc2)NC1=O. The van der Waals surface area contributed by atoms with E-state index in [-0.39, 0.29) is 23.5 Å². The highest BCUT2D eigenvalue weighted by atomic mass is 16.3. The van der Waals surface area contributed by atoms with Gasteiger partial charge in [0.1, 0.15) is 17.8 Å². The first kappa shape index (κ1) is 13.4.